The number of rotatable bonds is 9. The molecule has 0 radical (unpaired) electrons. The zero-order valence-corrected chi connectivity index (χ0v) is 17.3. The number of amides is 3. The Morgan fingerprint density at radius 1 is 1.20 bits per heavy atom. The van der Waals surface area contributed by atoms with Crippen LogP contribution in [0.15, 0.2) is 35.5 Å². The smallest absolute Gasteiger partial charge is 0.337 e. The summed E-state index contributed by atoms with van der Waals surface area (Å²) in [5, 5.41) is 7.60. The number of carbonyl (C=O) groups excluding carboxylic acids is 4. The van der Waals surface area contributed by atoms with Gasteiger partial charge in [0, 0.05) is 17.1 Å². The standard InChI is InChI=1S/C19H22FN3O6S/c1-3-28-18(26)17-11(2)21-19(27)23-14(17)9-30-10-16(25)29-8-15(24)22-13-6-4-12(20)5-7-13/h4-7,11H,3,8-10H2,1-2H3,(H,22,24)(H2,21,23,27)/t11-/m0/s1. The molecule has 9 nitrogen and oxygen atoms in total. The molecule has 11 heteroatoms. The fraction of sp³-hybridized carbons (Fsp3) is 0.368. The summed E-state index contributed by atoms with van der Waals surface area (Å²) in [4.78, 5) is 47.4. The number of urea groups is 1. The number of carbonyl (C=O) groups is 4. The number of hydrogen-bond acceptors (Lipinski definition) is 7. The maximum Gasteiger partial charge on any atom is 0.337 e. The molecule has 3 amide bonds. The van der Waals surface area contributed by atoms with E-state index in [4.69, 9.17) is 9.47 Å². The zero-order chi connectivity index (χ0) is 22.1. The molecule has 1 heterocycles. The summed E-state index contributed by atoms with van der Waals surface area (Å²) in [6.07, 6.45) is 0. The minimum Gasteiger partial charge on any atom is -0.463 e. The van der Waals surface area contributed by atoms with Crippen LogP contribution in [0.1, 0.15) is 13.8 Å². The van der Waals surface area contributed by atoms with E-state index in [0.717, 1.165) is 11.8 Å². The first kappa shape index (κ1) is 23.2. The third kappa shape index (κ3) is 7.07. The highest BCUT2D eigenvalue weighted by molar-refractivity contribution is 8.00. The monoisotopic (exact) mass is 439 g/mol. The average Bonchev–Trinajstić information content (AvgIpc) is 2.68. The van der Waals surface area contributed by atoms with Crippen molar-refractivity contribution in [3.8, 4) is 0 Å². The summed E-state index contributed by atoms with van der Waals surface area (Å²) < 4.78 is 22.7. The lowest BCUT2D eigenvalue weighted by molar-refractivity contribution is -0.144. The first-order valence-electron chi connectivity index (χ1n) is 9.06. The number of nitrogens with one attached hydrogen (secondary N) is 3. The predicted molar refractivity (Wildman–Crippen MR) is 108 cm³/mol. The van der Waals surface area contributed by atoms with Crippen LogP contribution in [0.25, 0.3) is 0 Å². The highest BCUT2D eigenvalue weighted by Crippen LogP contribution is 2.18. The van der Waals surface area contributed by atoms with E-state index in [9.17, 15) is 23.6 Å². The normalized spacial score (nSPS) is 15.7. The minimum atomic E-state index is -0.638. The van der Waals surface area contributed by atoms with Crippen molar-refractivity contribution in [2.24, 2.45) is 0 Å². The number of esters is 2. The summed E-state index contributed by atoms with van der Waals surface area (Å²) in [7, 11) is 0. The van der Waals surface area contributed by atoms with E-state index >= 15 is 0 Å². The molecule has 0 fully saturated rings. The highest BCUT2D eigenvalue weighted by Gasteiger charge is 2.29. The second kappa shape index (κ2) is 11.2. The molecule has 1 aliphatic heterocycles. The van der Waals surface area contributed by atoms with Crippen molar-refractivity contribution in [2.45, 2.75) is 19.9 Å². The van der Waals surface area contributed by atoms with Gasteiger partial charge in [0.1, 0.15) is 5.82 Å². The maximum absolute atomic E-state index is 12.8. The van der Waals surface area contributed by atoms with Crippen LogP contribution in [0.5, 0.6) is 0 Å². The summed E-state index contributed by atoms with van der Waals surface area (Å²) in [6, 6.07) is 4.17. The molecular weight excluding hydrogens is 417 g/mol. The SMILES string of the molecule is CCOC(=O)C1=C(CSCC(=O)OCC(=O)Nc2ccc(F)cc2)NC(=O)N[C@H]1C. The first-order chi connectivity index (χ1) is 14.3. The van der Waals surface area contributed by atoms with E-state index in [1.165, 1.54) is 24.3 Å². The van der Waals surface area contributed by atoms with Crippen molar-refractivity contribution in [1.29, 1.82) is 0 Å². The second-order valence-corrected chi connectivity index (χ2v) is 7.13. The van der Waals surface area contributed by atoms with Gasteiger partial charge in [-0.1, -0.05) is 0 Å². The van der Waals surface area contributed by atoms with Crippen molar-refractivity contribution < 1.29 is 33.0 Å². The van der Waals surface area contributed by atoms with Crippen LogP contribution in [0, 0.1) is 5.82 Å². The van der Waals surface area contributed by atoms with Crippen LogP contribution in [-0.2, 0) is 23.9 Å². The summed E-state index contributed by atoms with van der Waals surface area (Å²) in [5.41, 5.74) is 1.02. The quantitative estimate of drug-likeness (QED) is 0.499. The molecule has 30 heavy (non-hydrogen) atoms. The van der Waals surface area contributed by atoms with Gasteiger partial charge in [-0.15, -0.1) is 11.8 Å². The number of halogens is 1. The predicted octanol–water partition coefficient (Wildman–Crippen LogP) is 1.56. The minimum absolute atomic E-state index is 0.0961. The molecular formula is C19H22FN3O6S. The average molecular weight is 439 g/mol. The molecule has 0 aliphatic carbocycles. The molecule has 3 N–H and O–H groups in total. The molecule has 0 saturated heterocycles. The molecule has 0 spiro atoms. The topological polar surface area (TPSA) is 123 Å². The van der Waals surface area contributed by atoms with Crippen LogP contribution >= 0.6 is 11.8 Å². The van der Waals surface area contributed by atoms with E-state index < -0.39 is 42.3 Å². The van der Waals surface area contributed by atoms with Crippen LogP contribution in [0.2, 0.25) is 0 Å². The summed E-state index contributed by atoms with van der Waals surface area (Å²) in [5.74, 6) is -2.11. The zero-order valence-electron chi connectivity index (χ0n) is 16.5. The Morgan fingerprint density at radius 3 is 2.57 bits per heavy atom. The number of benzene rings is 1. The van der Waals surface area contributed by atoms with Crippen LogP contribution in [0.3, 0.4) is 0 Å². The van der Waals surface area contributed by atoms with E-state index in [1.54, 1.807) is 13.8 Å². The van der Waals surface area contributed by atoms with Gasteiger partial charge < -0.3 is 25.4 Å². The largest absolute Gasteiger partial charge is 0.463 e. The van der Waals surface area contributed by atoms with Gasteiger partial charge in [-0.25, -0.2) is 14.0 Å². The van der Waals surface area contributed by atoms with E-state index in [1.807, 2.05) is 0 Å². The van der Waals surface area contributed by atoms with Gasteiger partial charge in [-0.3, -0.25) is 9.59 Å². The van der Waals surface area contributed by atoms with Gasteiger partial charge in [0.05, 0.1) is 24.0 Å². The Morgan fingerprint density at radius 2 is 1.90 bits per heavy atom. The molecule has 1 aliphatic rings. The molecule has 0 saturated carbocycles. The molecule has 1 aromatic carbocycles. The van der Waals surface area contributed by atoms with Crippen molar-refractivity contribution in [2.75, 3.05) is 30.0 Å². The summed E-state index contributed by atoms with van der Waals surface area (Å²) in [6.45, 7) is 3.03. The third-order valence-electron chi connectivity index (χ3n) is 3.82. The van der Waals surface area contributed by atoms with Crippen molar-refractivity contribution in [3.63, 3.8) is 0 Å². The van der Waals surface area contributed by atoms with Gasteiger partial charge in [-0.2, -0.15) is 0 Å². The molecule has 0 unspecified atom stereocenters. The Bertz CT molecular complexity index is 843. The van der Waals surface area contributed by atoms with E-state index in [2.05, 4.69) is 16.0 Å². The van der Waals surface area contributed by atoms with Gasteiger partial charge in [0.2, 0.25) is 0 Å². The van der Waals surface area contributed by atoms with E-state index in [0.29, 0.717) is 11.4 Å². The molecule has 2 rings (SSSR count). The maximum atomic E-state index is 12.8. The fourth-order valence-electron chi connectivity index (χ4n) is 2.55. The van der Waals surface area contributed by atoms with Gasteiger partial charge in [0.25, 0.3) is 5.91 Å². The Balaban J connectivity index is 1.81. The molecule has 162 valence electrons. The van der Waals surface area contributed by atoms with Crippen molar-refractivity contribution in [1.82, 2.24) is 10.6 Å². The second-order valence-electron chi connectivity index (χ2n) is 6.14. The van der Waals surface area contributed by atoms with Gasteiger partial charge in [-0.05, 0) is 38.1 Å². The lowest BCUT2D eigenvalue weighted by Crippen LogP contribution is -2.49. The van der Waals surface area contributed by atoms with Gasteiger partial charge in [0.15, 0.2) is 6.61 Å². The number of hydrogen-bond donors (Lipinski definition) is 3. The number of thioether (sulfide) groups is 1. The Labute approximate surface area is 176 Å². The molecule has 0 aromatic heterocycles. The molecule has 0 bridgehead atoms. The fourth-order valence-corrected chi connectivity index (χ4v) is 3.33. The van der Waals surface area contributed by atoms with Crippen molar-refractivity contribution in [3.05, 3.63) is 41.4 Å². The molecule has 1 aromatic rings. The van der Waals surface area contributed by atoms with Crippen LogP contribution in [0.4, 0.5) is 14.9 Å². The first-order valence-corrected chi connectivity index (χ1v) is 10.2. The lowest BCUT2D eigenvalue weighted by atomic mass is 10.1. The number of anilines is 1. The number of ether oxygens (including phenoxy) is 2. The third-order valence-corrected chi connectivity index (χ3v) is 4.76. The van der Waals surface area contributed by atoms with Gasteiger partial charge >= 0.3 is 18.0 Å². The molecule has 1 atom stereocenters. The van der Waals surface area contributed by atoms with E-state index in [-0.39, 0.29) is 23.7 Å². The van der Waals surface area contributed by atoms with Crippen molar-refractivity contribution >= 4 is 41.3 Å². The van der Waals surface area contributed by atoms with Crippen LogP contribution in [-0.4, -0.2) is 54.6 Å². The summed E-state index contributed by atoms with van der Waals surface area (Å²) >= 11 is 1.11. The highest BCUT2D eigenvalue weighted by atomic mass is 32.2. The van der Waals surface area contributed by atoms with Crippen LogP contribution < -0.4 is 16.0 Å². The Hall–Kier alpha value is -3.08. The Kier molecular flexibility index (Phi) is 8.66. The lowest BCUT2D eigenvalue weighted by Gasteiger charge is -2.26.